The van der Waals surface area contributed by atoms with Gasteiger partial charge in [-0.3, -0.25) is 14.5 Å². The molecule has 144 valence electrons. The summed E-state index contributed by atoms with van der Waals surface area (Å²) in [6.07, 6.45) is 6.76. The number of nitrogens with one attached hydrogen (secondary N) is 1. The summed E-state index contributed by atoms with van der Waals surface area (Å²) in [5, 5.41) is 4.88. The predicted molar refractivity (Wildman–Crippen MR) is 107 cm³/mol. The molecule has 1 N–H and O–H groups in total. The highest BCUT2D eigenvalue weighted by atomic mass is 32.1. The second-order valence-corrected chi connectivity index (χ2v) is 8.95. The van der Waals surface area contributed by atoms with Crippen LogP contribution >= 0.6 is 11.3 Å². The molecule has 0 bridgehead atoms. The molecule has 3 amide bonds. The van der Waals surface area contributed by atoms with E-state index in [4.69, 9.17) is 0 Å². The largest absolute Gasteiger partial charge is 0.325 e. The molecule has 1 fully saturated rings. The Morgan fingerprint density at radius 1 is 1.07 bits per heavy atom. The number of hydrogen-bond acceptors (Lipinski definition) is 4. The molecule has 1 aromatic heterocycles. The highest BCUT2D eigenvalue weighted by molar-refractivity contribution is 7.10. The van der Waals surface area contributed by atoms with Crippen molar-refractivity contribution >= 4 is 29.1 Å². The van der Waals surface area contributed by atoms with Gasteiger partial charge in [0.15, 0.2) is 5.78 Å². The first-order valence-electron chi connectivity index (χ1n) is 9.94. The third-order valence-electron chi connectivity index (χ3n) is 6.31. The van der Waals surface area contributed by atoms with Crippen molar-refractivity contribution in [3.63, 3.8) is 0 Å². The molecule has 3 aliphatic rings. The van der Waals surface area contributed by atoms with Gasteiger partial charge in [0.05, 0.1) is 6.54 Å². The highest BCUT2D eigenvalue weighted by Crippen LogP contribution is 2.42. The van der Waals surface area contributed by atoms with Crippen LogP contribution in [0.5, 0.6) is 0 Å². The quantitative estimate of drug-likeness (QED) is 0.639. The number of thiophene rings is 1. The van der Waals surface area contributed by atoms with E-state index in [0.29, 0.717) is 12.0 Å². The number of urea groups is 1. The molecule has 0 unspecified atom stereocenters. The number of fused-ring (bicyclic) bond motifs is 3. The summed E-state index contributed by atoms with van der Waals surface area (Å²) < 4.78 is 0. The number of imide groups is 1. The Morgan fingerprint density at radius 2 is 1.89 bits per heavy atom. The van der Waals surface area contributed by atoms with E-state index in [1.165, 1.54) is 17.5 Å². The maximum atomic E-state index is 13.2. The predicted octanol–water partition coefficient (Wildman–Crippen LogP) is 3.59. The van der Waals surface area contributed by atoms with E-state index in [1.807, 2.05) is 29.6 Å². The standard InChI is InChI=1S/C22H22N2O3S/c25-18(16-8-7-14-4-1-2-5-15(14)12-16)13-24-20(26)22(23-21(24)27)10-3-6-19-17(22)9-11-28-19/h7-9,11-12H,1-6,10,13H2,(H,23,27)/t22-/m0/s1. The first-order valence-corrected chi connectivity index (χ1v) is 10.8. The smallest absolute Gasteiger partial charge is 0.319 e. The zero-order valence-corrected chi connectivity index (χ0v) is 16.4. The van der Waals surface area contributed by atoms with Crippen LogP contribution < -0.4 is 5.32 Å². The van der Waals surface area contributed by atoms with E-state index in [9.17, 15) is 14.4 Å². The van der Waals surface area contributed by atoms with Crippen molar-refractivity contribution in [1.29, 1.82) is 0 Å². The van der Waals surface area contributed by atoms with Gasteiger partial charge in [-0.25, -0.2) is 4.79 Å². The molecule has 1 aliphatic heterocycles. The summed E-state index contributed by atoms with van der Waals surface area (Å²) in [5.41, 5.74) is 3.04. The minimum atomic E-state index is -0.985. The fraction of sp³-hybridized carbons (Fsp3) is 0.409. The molecule has 2 aromatic rings. The zero-order chi connectivity index (χ0) is 19.3. The van der Waals surface area contributed by atoms with Crippen molar-refractivity contribution in [2.24, 2.45) is 0 Å². The van der Waals surface area contributed by atoms with Crippen LogP contribution in [0.4, 0.5) is 4.79 Å². The minimum Gasteiger partial charge on any atom is -0.319 e. The van der Waals surface area contributed by atoms with Crippen molar-refractivity contribution in [3.05, 3.63) is 56.8 Å². The number of amides is 3. The van der Waals surface area contributed by atoms with Gasteiger partial charge in [0.1, 0.15) is 5.54 Å². The van der Waals surface area contributed by atoms with Gasteiger partial charge in [-0.2, -0.15) is 0 Å². The molecular weight excluding hydrogens is 372 g/mol. The molecule has 5 rings (SSSR count). The second kappa shape index (κ2) is 6.55. The van der Waals surface area contributed by atoms with Gasteiger partial charge in [-0.15, -0.1) is 11.3 Å². The first-order chi connectivity index (χ1) is 13.6. The normalized spacial score (nSPS) is 23.5. The molecule has 1 spiro atoms. The Morgan fingerprint density at radius 3 is 2.75 bits per heavy atom. The summed E-state index contributed by atoms with van der Waals surface area (Å²) in [6.45, 7) is -0.204. The Labute approximate surface area is 167 Å². The van der Waals surface area contributed by atoms with Gasteiger partial charge >= 0.3 is 6.03 Å². The van der Waals surface area contributed by atoms with Crippen LogP contribution in [-0.2, 0) is 29.6 Å². The summed E-state index contributed by atoms with van der Waals surface area (Å²) >= 11 is 1.63. The average molecular weight is 394 g/mol. The first kappa shape index (κ1) is 17.6. The third-order valence-corrected chi connectivity index (χ3v) is 7.29. The fourth-order valence-electron chi connectivity index (χ4n) is 4.83. The van der Waals surface area contributed by atoms with Gasteiger partial charge in [-0.1, -0.05) is 12.1 Å². The van der Waals surface area contributed by atoms with Crippen molar-refractivity contribution in [2.45, 2.75) is 50.5 Å². The Bertz CT molecular complexity index is 995. The molecule has 1 aromatic carbocycles. The number of ketones is 1. The lowest BCUT2D eigenvalue weighted by molar-refractivity contribution is -0.131. The maximum Gasteiger partial charge on any atom is 0.325 e. The SMILES string of the molecule is O=C(CN1C(=O)N[C@]2(CCCc3sccc32)C1=O)c1ccc2c(c1)CCCC2. The van der Waals surface area contributed by atoms with E-state index in [1.54, 1.807) is 11.3 Å². The molecule has 0 saturated carbocycles. The maximum absolute atomic E-state index is 13.2. The number of benzene rings is 1. The molecule has 6 heteroatoms. The Balaban J connectivity index is 1.40. The van der Waals surface area contributed by atoms with Gasteiger partial charge in [0.25, 0.3) is 5.91 Å². The number of rotatable bonds is 3. The molecule has 2 aliphatic carbocycles. The monoisotopic (exact) mass is 394 g/mol. The molecule has 2 heterocycles. The number of aryl methyl sites for hydroxylation is 3. The van der Waals surface area contributed by atoms with Crippen LogP contribution in [0.1, 0.15) is 57.6 Å². The van der Waals surface area contributed by atoms with Crippen molar-refractivity contribution in [1.82, 2.24) is 10.2 Å². The minimum absolute atomic E-state index is 0.185. The summed E-state index contributed by atoms with van der Waals surface area (Å²) in [5.74, 6) is -0.474. The lowest BCUT2D eigenvalue weighted by atomic mass is 9.80. The van der Waals surface area contributed by atoms with Crippen molar-refractivity contribution in [3.8, 4) is 0 Å². The van der Waals surface area contributed by atoms with E-state index >= 15 is 0 Å². The van der Waals surface area contributed by atoms with Crippen molar-refractivity contribution < 1.29 is 14.4 Å². The molecule has 28 heavy (non-hydrogen) atoms. The lowest BCUT2D eigenvalue weighted by Gasteiger charge is -2.31. The van der Waals surface area contributed by atoms with Crippen LogP contribution in [0, 0.1) is 0 Å². The highest BCUT2D eigenvalue weighted by Gasteiger charge is 2.54. The third kappa shape index (κ3) is 2.62. The fourth-order valence-corrected chi connectivity index (χ4v) is 5.83. The topological polar surface area (TPSA) is 66.5 Å². The molecular formula is C22H22N2O3S. The summed E-state index contributed by atoms with van der Waals surface area (Å²) in [4.78, 5) is 41.0. The van der Waals surface area contributed by atoms with Crippen molar-refractivity contribution in [2.75, 3.05) is 6.54 Å². The zero-order valence-electron chi connectivity index (χ0n) is 15.6. The van der Waals surface area contributed by atoms with Crippen LogP contribution in [0.3, 0.4) is 0 Å². The second-order valence-electron chi connectivity index (χ2n) is 7.95. The van der Waals surface area contributed by atoms with Crippen LogP contribution in [-0.4, -0.2) is 29.2 Å². The number of nitrogens with zero attached hydrogens (tertiary/aromatic N) is 1. The van der Waals surface area contributed by atoms with Crippen LogP contribution in [0.2, 0.25) is 0 Å². The lowest BCUT2D eigenvalue weighted by Crippen LogP contribution is -2.46. The molecule has 1 atom stereocenters. The van der Waals surface area contributed by atoms with E-state index in [2.05, 4.69) is 5.32 Å². The number of Topliss-reactive ketones (excluding diaryl/α,β-unsaturated/α-hetero) is 1. The Kier molecular flexibility index (Phi) is 4.12. The number of carbonyl (C=O) groups excluding carboxylic acids is 3. The molecule has 0 radical (unpaired) electrons. The summed E-state index contributed by atoms with van der Waals surface area (Å²) in [7, 11) is 0. The summed E-state index contributed by atoms with van der Waals surface area (Å²) in [6, 6.07) is 7.27. The van der Waals surface area contributed by atoms with E-state index in [0.717, 1.165) is 47.4 Å². The average Bonchev–Trinajstić information content (AvgIpc) is 3.28. The van der Waals surface area contributed by atoms with Crippen LogP contribution in [0.15, 0.2) is 29.6 Å². The van der Waals surface area contributed by atoms with E-state index in [-0.39, 0.29) is 18.2 Å². The number of hydrogen-bond donors (Lipinski definition) is 1. The Hall–Kier alpha value is -2.47. The van der Waals surface area contributed by atoms with Gasteiger partial charge in [0, 0.05) is 16.0 Å². The molecule has 5 nitrogen and oxygen atoms in total. The van der Waals surface area contributed by atoms with Gasteiger partial charge in [-0.05, 0) is 73.6 Å². The van der Waals surface area contributed by atoms with Gasteiger partial charge in [0.2, 0.25) is 0 Å². The van der Waals surface area contributed by atoms with Gasteiger partial charge < -0.3 is 5.32 Å². The molecule has 1 saturated heterocycles. The number of carbonyl (C=O) groups is 3. The van der Waals surface area contributed by atoms with E-state index < -0.39 is 11.6 Å². The van der Waals surface area contributed by atoms with Crippen LogP contribution in [0.25, 0.3) is 0 Å².